The van der Waals surface area contributed by atoms with Crippen molar-refractivity contribution in [3.05, 3.63) is 47.5 Å². The van der Waals surface area contributed by atoms with Crippen molar-refractivity contribution in [2.24, 2.45) is 5.92 Å². The van der Waals surface area contributed by atoms with Gasteiger partial charge in [-0.3, -0.25) is 0 Å². The number of aromatic hydroxyl groups is 2. The Morgan fingerprint density at radius 2 is 1.59 bits per heavy atom. The zero-order valence-corrected chi connectivity index (χ0v) is 15.1. The van der Waals surface area contributed by atoms with E-state index in [4.69, 9.17) is 18.9 Å². The lowest BCUT2D eigenvalue weighted by atomic mass is 9.84. The normalized spacial score (nSPS) is 29.1. The van der Waals surface area contributed by atoms with Crippen LogP contribution in [0.25, 0.3) is 0 Å². The number of ether oxygens (including phenoxy) is 4. The zero-order valence-electron chi connectivity index (χ0n) is 15.1. The first-order chi connectivity index (χ1) is 13.0. The highest BCUT2D eigenvalue weighted by atomic mass is 16.7. The maximum atomic E-state index is 10.1. The van der Waals surface area contributed by atoms with Gasteiger partial charge in [0.15, 0.2) is 23.0 Å². The fraction of sp³-hybridized carbons (Fsp3) is 0.400. The van der Waals surface area contributed by atoms with Crippen LogP contribution in [-0.4, -0.2) is 48.4 Å². The minimum absolute atomic E-state index is 0.0474. The molecule has 0 bridgehead atoms. The van der Waals surface area contributed by atoms with E-state index in [1.807, 2.05) is 0 Å². The second kappa shape index (κ2) is 6.60. The van der Waals surface area contributed by atoms with E-state index in [-0.39, 0.29) is 36.2 Å². The van der Waals surface area contributed by atoms with E-state index in [2.05, 4.69) is 0 Å². The number of aliphatic hydroxyl groups is 1. The average Bonchev–Trinajstić information content (AvgIpc) is 3.28. The number of benzene rings is 2. The highest BCUT2D eigenvalue weighted by Crippen LogP contribution is 2.62. The molecule has 2 aliphatic rings. The van der Waals surface area contributed by atoms with E-state index in [0.29, 0.717) is 18.1 Å². The molecule has 4 atom stereocenters. The number of epoxide rings is 1. The molecule has 0 saturated carbocycles. The van der Waals surface area contributed by atoms with Crippen LogP contribution in [0, 0.1) is 5.92 Å². The Labute approximate surface area is 156 Å². The maximum Gasteiger partial charge on any atom is 0.160 e. The Bertz CT molecular complexity index is 852. The molecular weight excluding hydrogens is 352 g/mol. The molecular formula is C20H22O7. The number of methoxy groups -OCH3 is 2. The molecule has 7 nitrogen and oxygen atoms in total. The minimum atomic E-state index is -0.632. The van der Waals surface area contributed by atoms with Crippen molar-refractivity contribution in [3.63, 3.8) is 0 Å². The van der Waals surface area contributed by atoms with Crippen LogP contribution in [0.3, 0.4) is 0 Å². The predicted molar refractivity (Wildman–Crippen MR) is 95.1 cm³/mol. The highest BCUT2D eigenvalue weighted by molar-refractivity contribution is 5.46. The van der Waals surface area contributed by atoms with Gasteiger partial charge in [0, 0.05) is 5.92 Å². The summed E-state index contributed by atoms with van der Waals surface area (Å²) in [4.78, 5) is 0. The summed E-state index contributed by atoms with van der Waals surface area (Å²) in [5.74, 6) is 0.553. The van der Waals surface area contributed by atoms with Crippen molar-refractivity contribution in [2.45, 2.75) is 17.8 Å². The molecule has 2 saturated heterocycles. The Morgan fingerprint density at radius 1 is 1.00 bits per heavy atom. The molecule has 7 heteroatoms. The number of phenolic OH excluding ortho intramolecular Hbond substituents is 2. The molecule has 0 aromatic heterocycles. The molecule has 2 heterocycles. The topological polar surface area (TPSA) is 101 Å². The number of hydrogen-bond donors (Lipinski definition) is 3. The summed E-state index contributed by atoms with van der Waals surface area (Å²) in [7, 11) is 2.98. The SMILES string of the molecule is COc1cc(C2O[C@@]23CO[C@H](c2ccc(O)c(OC)c2)[C@H]3CO)ccc1O. The third-order valence-electron chi connectivity index (χ3n) is 5.44. The van der Waals surface area contributed by atoms with Gasteiger partial charge in [-0.1, -0.05) is 12.1 Å². The minimum Gasteiger partial charge on any atom is -0.504 e. The summed E-state index contributed by atoms with van der Waals surface area (Å²) in [6.45, 7) is 0.222. The third-order valence-corrected chi connectivity index (χ3v) is 5.44. The largest absolute Gasteiger partial charge is 0.504 e. The standard InChI is InChI=1S/C20H22O7/c1-24-16-7-11(3-5-14(16)22)18-13(9-21)20(10-26-18)19(27-20)12-4-6-15(23)17(8-12)25-2/h3-8,13,18-19,21-23H,9-10H2,1-2H3/t13-,18-,19?,20-/m1/s1. The second-order valence-electron chi connectivity index (χ2n) is 6.84. The quantitative estimate of drug-likeness (QED) is 0.691. The molecule has 1 spiro atoms. The van der Waals surface area contributed by atoms with Gasteiger partial charge in [0.2, 0.25) is 0 Å². The van der Waals surface area contributed by atoms with Gasteiger partial charge in [0.05, 0.1) is 33.5 Å². The molecule has 2 aromatic carbocycles. The van der Waals surface area contributed by atoms with Crippen LogP contribution in [0.2, 0.25) is 0 Å². The van der Waals surface area contributed by atoms with Gasteiger partial charge in [-0.25, -0.2) is 0 Å². The van der Waals surface area contributed by atoms with Crippen LogP contribution in [0.15, 0.2) is 36.4 Å². The van der Waals surface area contributed by atoms with Crippen molar-refractivity contribution in [1.29, 1.82) is 0 Å². The van der Waals surface area contributed by atoms with E-state index < -0.39 is 5.60 Å². The van der Waals surface area contributed by atoms with Gasteiger partial charge in [0.25, 0.3) is 0 Å². The summed E-state index contributed by atoms with van der Waals surface area (Å²) in [5, 5.41) is 29.7. The number of hydrogen-bond acceptors (Lipinski definition) is 7. The van der Waals surface area contributed by atoms with Crippen LogP contribution < -0.4 is 9.47 Å². The lowest BCUT2D eigenvalue weighted by Crippen LogP contribution is -2.27. The second-order valence-corrected chi connectivity index (χ2v) is 6.84. The number of phenols is 2. The van der Waals surface area contributed by atoms with Gasteiger partial charge in [-0.15, -0.1) is 0 Å². The maximum absolute atomic E-state index is 10.1. The van der Waals surface area contributed by atoms with E-state index >= 15 is 0 Å². The summed E-state index contributed by atoms with van der Waals surface area (Å²) in [6, 6.07) is 10.1. The summed E-state index contributed by atoms with van der Waals surface area (Å²) in [6.07, 6.45) is -0.637. The van der Waals surface area contributed by atoms with Crippen molar-refractivity contribution >= 4 is 0 Å². The van der Waals surface area contributed by atoms with E-state index in [9.17, 15) is 15.3 Å². The van der Waals surface area contributed by atoms with Crippen LogP contribution in [0.5, 0.6) is 23.0 Å². The van der Waals surface area contributed by atoms with Gasteiger partial charge >= 0.3 is 0 Å². The van der Waals surface area contributed by atoms with Crippen molar-refractivity contribution < 1.29 is 34.3 Å². The summed E-state index contributed by atoms with van der Waals surface area (Å²) < 4.78 is 22.4. The first kappa shape index (κ1) is 17.9. The molecule has 144 valence electrons. The van der Waals surface area contributed by atoms with E-state index in [1.54, 1.807) is 36.4 Å². The molecule has 2 fully saturated rings. The molecule has 27 heavy (non-hydrogen) atoms. The molecule has 0 amide bonds. The molecule has 4 rings (SSSR count). The smallest absolute Gasteiger partial charge is 0.160 e. The molecule has 3 N–H and O–H groups in total. The average molecular weight is 374 g/mol. The van der Waals surface area contributed by atoms with Gasteiger partial charge in [0.1, 0.15) is 11.7 Å². The monoisotopic (exact) mass is 374 g/mol. The Hall–Kier alpha value is -2.48. The summed E-state index contributed by atoms with van der Waals surface area (Å²) in [5.41, 5.74) is 1.03. The van der Waals surface area contributed by atoms with Crippen molar-refractivity contribution in [1.82, 2.24) is 0 Å². The van der Waals surface area contributed by atoms with Crippen molar-refractivity contribution in [2.75, 3.05) is 27.4 Å². The van der Waals surface area contributed by atoms with Gasteiger partial charge < -0.3 is 34.3 Å². The Kier molecular flexibility index (Phi) is 4.38. The highest BCUT2D eigenvalue weighted by Gasteiger charge is 2.67. The fourth-order valence-electron chi connectivity index (χ4n) is 3.93. The van der Waals surface area contributed by atoms with Crippen LogP contribution in [-0.2, 0) is 9.47 Å². The third kappa shape index (κ3) is 2.79. The fourth-order valence-corrected chi connectivity index (χ4v) is 3.93. The van der Waals surface area contributed by atoms with Gasteiger partial charge in [-0.2, -0.15) is 0 Å². The predicted octanol–water partition coefficient (Wildman–Crippen LogP) is 2.31. The number of rotatable bonds is 5. The lowest BCUT2D eigenvalue weighted by Gasteiger charge is -2.20. The summed E-state index contributed by atoms with van der Waals surface area (Å²) >= 11 is 0. The van der Waals surface area contributed by atoms with E-state index in [1.165, 1.54) is 14.2 Å². The van der Waals surface area contributed by atoms with E-state index in [0.717, 1.165) is 11.1 Å². The van der Waals surface area contributed by atoms with Crippen LogP contribution in [0.1, 0.15) is 23.3 Å². The Balaban J connectivity index is 1.61. The van der Waals surface area contributed by atoms with Gasteiger partial charge in [-0.05, 0) is 35.4 Å². The Morgan fingerprint density at radius 3 is 2.19 bits per heavy atom. The first-order valence-corrected chi connectivity index (χ1v) is 8.68. The molecule has 2 aliphatic heterocycles. The zero-order chi connectivity index (χ0) is 19.2. The molecule has 0 aliphatic carbocycles. The molecule has 0 radical (unpaired) electrons. The molecule has 2 aromatic rings. The molecule has 1 unspecified atom stereocenters. The van der Waals surface area contributed by atoms with Crippen molar-refractivity contribution in [3.8, 4) is 23.0 Å². The first-order valence-electron chi connectivity index (χ1n) is 8.68. The van der Waals surface area contributed by atoms with Crippen LogP contribution in [0.4, 0.5) is 0 Å². The number of aliphatic hydroxyl groups excluding tert-OH is 1. The lowest BCUT2D eigenvalue weighted by molar-refractivity contribution is 0.0715. The van der Waals surface area contributed by atoms with Crippen LogP contribution >= 0.6 is 0 Å².